The van der Waals surface area contributed by atoms with Crippen LogP contribution in [0.5, 0.6) is 0 Å². The fraction of sp³-hybridized carbons (Fsp3) is 0.500. The molecule has 0 saturated carbocycles. The molecule has 1 atom stereocenters. The van der Waals surface area contributed by atoms with Gasteiger partial charge in [0.05, 0.1) is 13.2 Å². The van der Waals surface area contributed by atoms with Gasteiger partial charge in [-0.3, -0.25) is 9.69 Å². The second kappa shape index (κ2) is 7.70. The zero-order chi connectivity index (χ0) is 16.1. The van der Waals surface area contributed by atoms with Gasteiger partial charge in [-0.15, -0.1) is 0 Å². The van der Waals surface area contributed by atoms with Crippen molar-refractivity contribution in [3.05, 3.63) is 41.7 Å². The number of halogens is 1. The van der Waals surface area contributed by atoms with Crippen LogP contribution in [-0.4, -0.2) is 61.1 Å². The molecule has 23 heavy (non-hydrogen) atoms. The smallest absolute Gasteiger partial charge is 0.246 e. The Hall–Kier alpha value is -1.72. The molecule has 2 saturated heterocycles. The Bertz CT molecular complexity index is 570. The van der Waals surface area contributed by atoms with Crippen molar-refractivity contribution in [1.29, 1.82) is 0 Å². The molecule has 1 aromatic rings. The molecule has 0 aromatic heterocycles. The van der Waals surface area contributed by atoms with Crippen molar-refractivity contribution in [3.63, 3.8) is 0 Å². The first-order chi connectivity index (χ1) is 11.2. The predicted molar refractivity (Wildman–Crippen MR) is 87.4 cm³/mol. The Labute approximate surface area is 136 Å². The quantitative estimate of drug-likeness (QED) is 0.798. The van der Waals surface area contributed by atoms with E-state index in [2.05, 4.69) is 4.90 Å². The Balaban J connectivity index is 1.59. The van der Waals surface area contributed by atoms with Gasteiger partial charge in [-0.05, 0) is 36.6 Å². The summed E-state index contributed by atoms with van der Waals surface area (Å²) in [6, 6.07) is 6.55. The molecule has 1 amide bonds. The van der Waals surface area contributed by atoms with Crippen LogP contribution in [0.4, 0.5) is 4.39 Å². The molecule has 0 aliphatic carbocycles. The number of morpholine rings is 1. The van der Waals surface area contributed by atoms with E-state index in [0.717, 1.165) is 52.2 Å². The van der Waals surface area contributed by atoms with Gasteiger partial charge in [0, 0.05) is 38.3 Å². The molecule has 124 valence electrons. The number of ether oxygens (including phenoxy) is 1. The first-order valence-corrected chi connectivity index (χ1v) is 8.27. The SMILES string of the molecule is O=C(/C=C/c1cccc(F)c1)N1CCCC1CN1CCOCC1. The number of nitrogens with zero attached hydrogens (tertiary/aromatic N) is 2. The molecule has 0 bridgehead atoms. The molecule has 2 aliphatic heterocycles. The van der Waals surface area contributed by atoms with Crippen molar-refractivity contribution in [2.24, 2.45) is 0 Å². The van der Waals surface area contributed by atoms with Gasteiger partial charge >= 0.3 is 0 Å². The minimum Gasteiger partial charge on any atom is -0.379 e. The van der Waals surface area contributed by atoms with E-state index in [-0.39, 0.29) is 17.8 Å². The molecule has 0 radical (unpaired) electrons. The monoisotopic (exact) mass is 318 g/mol. The largest absolute Gasteiger partial charge is 0.379 e. The highest BCUT2D eigenvalue weighted by Gasteiger charge is 2.29. The minimum absolute atomic E-state index is 0.0185. The van der Waals surface area contributed by atoms with Gasteiger partial charge in [0.2, 0.25) is 5.91 Å². The molecule has 2 heterocycles. The van der Waals surface area contributed by atoms with Crippen molar-refractivity contribution in [2.75, 3.05) is 39.4 Å². The lowest BCUT2D eigenvalue weighted by Gasteiger charge is -2.32. The van der Waals surface area contributed by atoms with Crippen LogP contribution in [0.3, 0.4) is 0 Å². The zero-order valence-electron chi connectivity index (χ0n) is 13.3. The van der Waals surface area contributed by atoms with E-state index >= 15 is 0 Å². The summed E-state index contributed by atoms with van der Waals surface area (Å²) in [6.45, 7) is 5.17. The first-order valence-electron chi connectivity index (χ1n) is 8.27. The van der Waals surface area contributed by atoms with E-state index < -0.39 is 0 Å². The molecular formula is C18H23FN2O2. The van der Waals surface area contributed by atoms with Gasteiger partial charge in [0.25, 0.3) is 0 Å². The number of benzene rings is 1. The molecule has 2 fully saturated rings. The molecule has 1 unspecified atom stereocenters. The van der Waals surface area contributed by atoms with E-state index in [1.54, 1.807) is 24.3 Å². The number of carbonyl (C=O) groups excluding carboxylic acids is 1. The highest BCUT2D eigenvalue weighted by molar-refractivity contribution is 5.92. The Kier molecular flexibility index (Phi) is 5.41. The lowest BCUT2D eigenvalue weighted by molar-refractivity contribution is -0.127. The van der Waals surface area contributed by atoms with Crippen LogP contribution in [0, 0.1) is 5.82 Å². The number of likely N-dealkylation sites (tertiary alicyclic amines) is 1. The van der Waals surface area contributed by atoms with E-state index in [0.29, 0.717) is 5.56 Å². The van der Waals surface area contributed by atoms with Crippen molar-refractivity contribution in [3.8, 4) is 0 Å². The third kappa shape index (κ3) is 4.39. The zero-order valence-corrected chi connectivity index (χ0v) is 13.3. The molecular weight excluding hydrogens is 295 g/mol. The summed E-state index contributed by atoms with van der Waals surface area (Å²) in [5, 5.41) is 0. The first kappa shape index (κ1) is 16.1. The van der Waals surface area contributed by atoms with Crippen LogP contribution in [0.1, 0.15) is 18.4 Å². The summed E-state index contributed by atoms with van der Waals surface area (Å²) in [6.07, 6.45) is 5.35. The van der Waals surface area contributed by atoms with Crippen molar-refractivity contribution in [1.82, 2.24) is 9.80 Å². The average Bonchev–Trinajstić information content (AvgIpc) is 3.02. The molecule has 2 aliphatic rings. The average molecular weight is 318 g/mol. The van der Waals surface area contributed by atoms with Crippen LogP contribution in [-0.2, 0) is 9.53 Å². The van der Waals surface area contributed by atoms with E-state index in [4.69, 9.17) is 4.74 Å². The predicted octanol–water partition coefficient (Wildman–Crippen LogP) is 2.16. The van der Waals surface area contributed by atoms with Crippen LogP contribution >= 0.6 is 0 Å². The van der Waals surface area contributed by atoms with Gasteiger partial charge in [0.1, 0.15) is 5.82 Å². The minimum atomic E-state index is -0.286. The van der Waals surface area contributed by atoms with Gasteiger partial charge < -0.3 is 9.64 Å². The molecule has 5 heteroatoms. The lowest BCUT2D eigenvalue weighted by Crippen LogP contribution is -2.46. The number of hydrogen-bond donors (Lipinski definition) is 0. The van der Waals surface area contributed by atoms with Crippen LogP contribution in [0.25, 0.3) is 6.08 Å². The maximum Gasteiger partial charge on any atom is 0.246 e. The molecule has 4 nitrogen and oxygen atoms in total. The van der Waals surface area contributed by atoms with E-state index in [1.807, 2.05) is 4.90 Å². The summed E-state index contributed by atoms with van der Waals surface area (Å²) in [4.78, 5) is 16.8. The van der Waals surface area contributed by atoms with Crippen LogP contribution < -0.4 is 0 Å². The summed E-state index contributed by atoms with van der Waals surface area (Å²) < 4.78 is 18.5. The third-order valence-corrected chi connectivity index (χ3v) is 4.50. The van der Waals surface area contributed by atoms with E-state index in [9.17, 15) is 9.18 Å². The molecule has 0 spiro atoms. The highest BCUT2D eigenvalue weighted by atomic mass is 19.1. The number of carbonyl (C=O) groups is 1. The summed E-state index contributed by atoms with van der Waals surface area (Å²) in [5.41, 5.74) is 0.710. The molecule has 3 rings (SSSR count). The maximum absolute atomic E-state index is 13.2. The summed E-state index contributed by atoms with van der Waals surface area (Å²) >= 11 is 0. The van der Waals surface area contributed by atoms with Gasteiger partial charge in [0.15, 0.2) is 0 Å². The van der Waals surface area contributed by atoms with Crippen molar-refractivity contribution < 1.29 is 13.9 Å². The van der Waals surface area contributed by atoms with Crippen molar-refractivity contribution in [2.45, 2.75) is 18.9 Å². The number of hydrogen-bond acceptors (Lipinski definition) is 3. The van der Waals surface area contributed by atoms with Crippen LogP contribution in [0.2, 0.25) is 0 Å². The second-order valence-corrected chi connectivity index (χ2v) is 6.13. The van der Waals surface area contributed by atoms with Gasteiger partial charge in [-0.1, -0.05) is 12.1 Å². The second-order valence-electron chi connectivity index (χ2n) is 6.13. The van der Waals surface area contributed by atoms with Crippen molar-refractivity contribution >= 4 is 12.0 Å². The fourth-order valence-electron chi connectivity index (χ4n) is 3.27. The standard InChI is InChI=1S/C18H23FN2O2/c19-16-4-1-3-15(13-16)6-7-18(22)21-8-2-5-17(21)14-20-9-11-23-12-10-20/h1,3-4,6-7,13,17H,2,5,8-12,14H2/b7-6+. The third-order valence-electron chi connectivity index (χ3n) is 4.50. The normalized spacial score (nSPS) is 22.8. The maximum atomic E-state index is 13.2. The highest BCUT2D eigenvalue weighted by Crippen LogP contribution is 2.19. The summed E-state index contributed by atoms with van der Waals surface area (Å²) in [5.74, 6) is -0.268. The van der Waals surface area contributed by atoms with Crippen LogP contribution in [0.15, 0.2) is 30.3 Å². The van der Waals surface area contributed by atoms with E-state index in [1.165, 1.54) is 12.1 Å². The number of amides is 1. The van der Waals surface area contributed by atoms with Gasteiger partial charge in [-0.2, -0.15) is 0 Å². The Morgan fingerprint density at radius 1 is 1.30 bits per heavy atom. The fourth-order valence-corrected chi connectivity index (χ4v) is 3.27. The summed E-state index contributed by atoms with van der Waals surface area (Å²) in [7, 11) is 0. The Morgan fingerprint density at radius 2 is 2.13 bits per heavy atom. The lowest BCUT2D eigenvalue weighted by atomic mass is 10.2. The Morgan fingerprint density at radius 3 is 2.91 bits per heavy atom. The molecule has 1 aromatic carbocycles. The topological polar surface area (TPSA) is 32.8 Å². The molecule has 0 N–H and O–H groups in total. The number of rotatable bonds is 4. The van der Waals surface area contributed by atoms with Gasteiger partial charge in [-0.25, -0.2) is 4.39 Å².